The predicted molar refractivity (Wildman–Crippen MR) is 75.7 cm³/mol. The van der Waals surface area contributed by atoms with Crippen molar-refractivity contribution < 1.29 is 18.0 Å². The van der Waals surface area contributed by atoms with Crippen molar-refractivity contribution in [3.8, 4) is 0 Å². The Morgan fingerprint density at radius 3 is 2.55 bits per heavy atom. The third-order valence-electron chi connectivity index (χ3n) is 2.88. The summed E-state index contributed by atoms with van der Waals surface area (Å²) in [6.07, 6.45) is -0.177. The lowest BCUT2D eigenvalue weighted by Crippen LogP contribution is -2.40. The van der Waals surface area contributed by atoms with Crippen LogP contribution in [0.3, 0.4) is 0 Å². The minimum absolute atomic E-state index is 0.0384. The van der Waals surface area contributed by atoms with Crippen molar-refractivity contribution in [2.75, 3.05) is 7.05 Å². The van der Waals surface area contributed by atoms with Gasteiger partial charge in [0.25, 0.3) is 0 Å². The van der Waals surface area contributed by atoms with Crippen molar-refractivity contribution >= 4 is 49.4 Å². The molecule has 2 rings (SSSR count). The highest BCUT2D eigenvalue weighted by Crippen LogP contribution is 2.25. The Labute approximate surface area is 129 Å². The normalized spacial score (nSPS) is 19.8. The summed E-state index contributed by atoms with van der Waals surface area (Å²) < 4.78 is 27.0. The number of amides is 2. The van der Waals surface area contributed by atoms with Crippen LogP contribution in [0.2, 0.25) is 5.02 Å². The molecule has 1 atom stereocenters. The molecule has 108 valence electrons. The smallest absolute Gasteiger partial charge is 0.247 e. The molecule has 0 aliphatic carbocycles. The summed E-state index contributed by atoms with van der Waals surface area (Å²) in [6, 6.07) is 3.01. The molecule has 1 fully saturated rings. The van der Waals surface area contributed by atoms with Gasteiger partial charge in [-0.1, -0.05) is 11.6 Å². The first-order valence-electron chi connectivity index (χ1n) is 5.50. The van der Waals surface area contributed by atoms with E-state index >= 15 is 0 Å². The van der Waals surface area contributed by atoms with Gasteiger partial charge in [-0.25, -0.2) is 8.42 Å². The molecule has 6 nitrogen and oxygen atoms in total. The lowest BCUT2D eigenvalue weighted by atomic mass is 10.3. The first-order valence-corrected chi connectivity index (χ1v) is 8.15. The molecule has 0 spiro atoms. The Kier molecular flexibility index (Phi) is 4.19. The zero-order valence-electron chi connectivity index (χ0n) is 10.3. The van der Waals surface area contributed by atoms with Crippen LogP contribution in [0.1, 0.15) is 6.42 Å². The van der Waals surface area contributed by atoms with Gasteiger partial charge in [0, 0.05) is 11.5 Å². The minimum Gasteiger partial charge on any atom is -0.284 e. The van der Waals surface area contributed by atoms with Crippen molar-refractivity contribution in [3.05, 3.63) is 27.7 Å². The van der Waals surface area contributed by atoms with Crippen LogP contribution in [0.15, 0.2) is 27.6 Å². The van der Waals surface area contributed by atoms with Crippen LogP contribution in [-0.2, 0) is 19.6 Å². The summed E-state index contributed by atoms with van der Waals surface area (Å²) in [5, 5.41) is 0.371. The summed E-state index contributed by atoms with van der Waals surface area (Å²) in [6.45, 7) is 0. The van der Waals surface area contributed by atoms with Crippen molar-refractivity contribution in [1.29, 1.82) is 0 Å². The van der Waals surface area contributed by atoms with E-state index in [1.807, 2.05) is 0 Å². The fraction of sp³-hybridized carbons (Fsp3) is 0.273. The number of rotatable bonds is 3. The Balaban J connectivity index is 2.26. The van der Waals surface area contributed by atoms with Crippen molar-refractivity contribution in [1.82, 2.24) is 9.62 Å². The van der Waals surface area contributed by atoms with Crippen LogP contribution in [0.4, 0.5) is 0 Å². The van der Waals surface area contributed by atoms with E-state index in [9.17, 15) is 18.0 Å². The lowest BCUT2D eigenvalue weighted by molar-refractivity contribution is -0.137. The van der Waals surface area contributed by atoms with Crippen molar-refractivity contribution in [3.63, 3.8) is 0 Å². The maximum atomic E-state index is 12.2. The van der Waals surface area contributed by atoms with Crippen LogP contribution in [0.5, 0.6) is 0 Å². The number of nitrogens with one attached hydrogen (secondary N) is 1. The molecule has 1 heterocycles. The number of carbonyl (C=O) groups is 2. The highest BCUT2D eigenvalue weighted by Gasteiger charge is 2.38. The number of imide groups is 1. The molecule has 1 unspecified atom stereocenters. The second kappa shape index (κ2) is 5.44. The molecular formula is C11H10BrClN2O4S. The van der Waals surface area contributed by atoms with Gasteiger partial charge in [-0.15, -0.1) is 0 Å². The molecule has 20 heavy (non-hydrogen) atoms. The average Bonchev–Trinajstić information content (AvgIpc) is 2.60. The highest BCUT2D eigenvalue weighted by molar-refractivity contribution is 9.10. The number of hydrogen-bond donors (Lipinski definition) is 1. The second-order valence-electron chi connectivity index (χ2n) is 4.24. The molecule has 2 amide bonds. The fourth-order valence-electron chi connectivity index (χ4n) is 1.75. The van der Waals surface area contributed by atoms with Gasteiger partial charge in [0.1, 0.15) is 6.04 Å². The molecule has 1 aliphatic rings. The number of hydrogen-bond acceptors (Lipinski definition) is 4. The molecule has 1 aliphatic heterocycles. The van der Waals surface area contributed by atoms with Crippen molar-refractivity contribution in [2.24, 2.45) is 0 Å². The highest BCUT2D eigenvalue weighted by atomic mass is 79.9. The molecule has 1 saturated heterocycles. The first kappa shape index (κ1) is 15.4. The summed E-state index contributed by atoms with van der Waals surface area (Å²) in [4.78, 5) is 23.9. The van der Waals surface area contributed by atoms with Crippen LogP contribution >= 0.6 is 27.5 Å². The Morgan fingerprint density at radius 2 is 2.05 bits per heavy atom. The molecule has 0 aromatic heterocycles. The maximum absolute atomic E-state index is 12.2. The van der Waals surface area contributed by atoms with Gasteiger partial charge in [0.2, 0.25) is 21.8 Å². The molecular weight excluding hydrogens is 372 g/mol. The van der Waals surface area contributed by atoms with E-state index in [1.54, 1.807) is 0 Å². The SMILES string of the molecule is CN1C(=O)CC(NS(=O)(=O)c2ccc(Cl)c(Br)c2)C1=O. The molecule has 1 aromatic carbocycles. The van der Waals surface area contributed by atoms with E-state index in [0.717, 1.165) is 4.90 Å². The van der Waals surface area contributed by atoms with Gasteiger partial charge in [0.15, 0.2) is 0 Å². The van der Waals surface area contributed by atoms with Gasteiger partial charge < -0.3 is 0 Å². The number of likely N-dealkylation sites (tertiary alicyclic amines) is 1. The summed E-state index contributed by atoms with van der Waals surface area (Å²) in [5.74, 6) is -0.980. The van der Waals surface area contributed by atoms with Gasteiger partial charge in [-0.2, -0.15) is 4.72 Å². The largest absolute Gasteiger partial charge is 0.284 e. The third kappa shape index (κ3) is 2.88. The standard InChI is InChI=1S/C11H10BrClN2O4S/c1-15-10(16)5-9(11(15)17)14-20(18,19)6-2-3-8(13)7(12)4-6/h2-4,9,14H,5H2,1H3. The number of benzene rings is 1. The van der Waals surface area contributed by atoms with Gasteiger partial charge >= 0.3 is 0 Å². The minimum atomic E-state index is -3.90. The van der Waals surface area contributed by atoms with Crippen LogP contribution in [-0.4, -0.2) is 38.2 Å². The fourth-order valence-corrected chi connectivity index (χ4v) is 3.61. The molecule has 0 radical (unpaired) electrons. The summed E-state index contributed by atoms with van der Waals surface area (Å²) >= 11 is 8.92. The van der Waals surface area contributed by atoms with Crippen LogP contribution in [0.25, 0.3) is 0 Å². The Bertz CT molecular complexity index is 692. The van der Waals surface area contributed by atoms with E-state index in [-0.39, 0.29) is 11.3 Å². The zero-order valence-corrected chi connectivity index (χ0v) is 13.4. The predicted octanol–water partition coefficient (Wildman–Crippen LogP) is 1.14. The van der Waals surface area contributed by atoms with Gasteiger partial charge in [0.05, 0.1) is 16.3 Å². The van der Waals surface area contributed by atoms with E-state index in [1.165, 1.54) is 25.2 Å². The van der Waals surface area contributed by atoms with Crippen molar-refractivity contribution in [2.45, 2.75) is 17.4 Å². The van der Waals surface area contributed by atoms with Crippen LogP contribution in [0, 0.1) is 0 Å². The second-order valence-corrected chi connectivity index (χ2v) is 7.22. The monoisotopic (exact) mass is 380 g/mol. The topological polar surface area (TPSA) is 83.6 Å². The number of sulfonamides is 1. The maximum Gasteiger partial charge on any atom is 0.247 e. The lowest BCUT2D eigenvalue weighted by Gasteiger charge is -2.12. The number of nitrogens with zero attached hydrogens (tertiary/aromatic N) is 1. The Hall–Kier alpha value is -0.960. The molecule has 0 bridgehead atoms. The van der Waals surface area contributed by atoms with E-state index in [2.05, 4.69) is 20.7 Å². The van der Waals surface area contributed by atoms with E-state index in [4.69, 9.17) is 11.6 Å². The number of carbonyl (C=O) groups excluding carboxylic acids is 2. The van der Waals surface area contributed by atoms with E-state index < -0.39 is 27.9 Å². The Morgan fingerprint density at radius 1 is 1.40 bits per heavy atom. The molecule has 9 heteroatoms. The summed E-state index contributed by atoms with van der Waals surface area (Å²) in [7, 11) is -2.58. The molecule has 0 saturated carbocycles. The summed E-state index contributed by atoms with van der Waals surface area (Å²) in [5.41, 5.74) is 0. The van der Waals surface area contributed by atoms with Gasteiger partial charge in [-0.3, -0.25) is 14.5 Å². The first-order chi connectivity index (χ1) is 9.22. The quantitative estimate of drug-likeness (QED) is 0.796. The molecule has 1 aromatic rings. The number of likely N-dealkylation sites (N-methyl/N-ethyl adjacent to an activating group) is 1. The van der Waals surface area contributed by atoms with Crippen LogP contribution < -0.4 is 4.72 Å². The number of halogens is 2. The third-order valence-corrected chi connectivity index (χ3v) is 5.56. The zero-order chi connectivity index (χ0) is 15.1. The molecule has 1 N–H and O–H groups in total. The average molecular weight is 382 g/mol. The van der Waals surface area contributed by atoms with E-state index in [0.29, 0.717) is 9.50 Å². The van der Waals surface area contributed by atoms with Gasteiger partial charge in [-0.05, 0) is 34.1 Å².